The summed E-state index contributed by atoms with van der Waals surface area (Å²) in [5.74, 6) is -1.78. The van der Waals surface area contributed by atoms with Crippen molar-refractivity contribution in [3.63, 3.8) is 0 Å². The molecule has 0 aliphatic heterocycles. The minimum Gasteiger partial charge on any atom is -0.481 e. The van der Waals surface area contributed by atoms with E-state index in [1.807, 2.05) is 27.7 Å². The van der Waals surface area contributed by atoms with Gasteiger partial charge in [0.1, 0.15) is 0 Å². The average Bonchev–Trinajstić information content (AvgIpc) is 2.68. The van der Waals surface area contributed by atoms with Crippen molar-refractivity contribution >= 4 is 27.1 Å². The molecule has 1 unspecified atom stereocenters. The van der Waals surface area contributed by atoms with Crippen LogP contribution >= 0.6 is 15.2 Å². The highest BCUT2D eigenvalue weighted by Gasteiger charge is 2.45. The van der Waals surface area contributed by atoms with E-state index in [1.54, 1.807) is 13.8 Å². The third-order valence-corrected chi connectivity index (χ3v) is 7.44. The number of ether oxygens (including phenoxy) is 1. The molecule has 1 atom stereocenters. The van der Waals surface area contributed by atoms with E-state index < -0.39 is 43.9 Å². The van der Waals surface area contributed by atoms with Crippen molar-refractivity contribution in [1.29, 1.82) is 0 Å². The number of carbonyl (C=O) groups excluding carboxylic acids is 1. The molecule has 10 nitrogen and oxygen atoms in total. The average molecular weight is 533 g/mol. The van der Waals surface area contributed by atoms with Crippen LogP contribution in [0.3, 0.4) is 0 Å². The van der Waals surface area contributed by atoms with Crippen LogP contribution in [0.25, 0.3) is 0 Å². The summed E-state index contributed by atoms with van der Waals surface area (Å²) in [7, 11) is -8.23. The zero-order chi connectivity index (χ0) is 27.2. The molecule has 0 saturated carbocycles. The van der Waals surface area contributed by atoms with E-state index >= 15 is 0 Å². The number of hydrogen-bond donors (Lipinski definition) is 5. The molecule has 0 aliphatic rings. The van der Waals surface area contributed by atoms with E-state index in [4.69, 9.17) is 14.5 Å². The molecule has 204 valence electrons. The molecule has 12 heteroatoms. The summed E-state index contributed by atoms with van der Waals surface area (Å²) in [6.45, 7) is 11.2. The zero-order valence-corrected chi connectivity index (χ0v) is 23.3. The fourth-order valence-electron chi connectivity index (χ4n) is 3.91. The lowest BCUT2D eigenvalue weighted by molar-refractivity contribution is -0.154. The summed E-state index contributed by atoms with van der Waals surface area (Å²) in [5.41, 5.74) is -1.84. The molecule has 0 spiro atoms. The molecule has 0 amide bonds. The molecule has 0 aromatic heterocycles. The Morgan fingerprint density at radius 3 is 1.65 bits per heavy atom. The minimum absolute atomic E-state index is 0.125. The molecule has 0 rings (SSSR count). The molecule has 0 radical (unpaired) electrons. The highest BCUT2D eigenvalue weighted by Crippen LogP contribution is 2.48. The summed E-state index contributed by atoms with van der Waals surface area (Å²) in [6.07, 6.45) is 3.86. The van der Waals surface area contributed by atoms with Gasteiger partial charge in [-0.2, -0.15) is 0 Å². The molecule has 34 heavy (non-hydrogen) atoms. The Hall–Kier alpha value is -0.760. The van der Waals surface area contributed by atoms with Gasteiger partial charge in [-0.25, -0.2) is 0 Å². The fourth-order valence-corrected chi connectivity index (χ4v) is 5.87. The number of hydrogen-bond acceptors (Lipinski definition) is 5. The van der Waals surface area contributed by atoms with Crippen LogP contribution < -0.4 is 0 Å². The van der Waals surface area contributed by atoms with Gasteiger partial charge in [0.2, 0.25) is 0 Å². The van der Waals surface area contributed by atoms with Crippen molar-refractivity contribution in [1.82, 2.24) is 0 Å². The van der Waals surface area contributed by atoms with Crippen LogP contribution in [-0.4, -0.2) is 55.5 Å². The second kappa shape index (κ2) is 16.1. The van der Waals surface area contributed by atoms with Crippen molar-refractivity contribution in [3.8, 4) is 0 Å². The minimum atomic E-state index is -4.20. The third-order valence-electron chi connectivity index (χ3n) is 5.71. The fraction of sp³-hybridized carbons (Fsp3) is 0.909. The van der Waals surface area contributed by atoms with E-state index in [0.29, 0.717) is 38.7 Å². The summed E-state index contributed by atoms with van der Waals surface area (Å²) in [6, 6.07) is 0. The van der Waals surface area contributed by atoms with Gasteiger partial charge >= 0.3 is 27.1 Å². The first-order valence-corrected chi connectivity index (χ1v) is 15.5. The molecular formula is C22H46O10P2. The summed E-state index contributed by atoms with van der Waals surface area (Å²) >= 11 is 0. The monoisotopic (exact) mass is 532 g/mol. The highest BCUT2D eigenvalue weighted by molar-refractivity contribution is 7.52. The maximum Gasteiger partial charge on any atom is 0.325 e. The predicted octanol–water partition coefficient (Wildman–Crippen LogP) is 4.79. The van der Waals surface area contributed by atoms with E-state index in [9.17, 15) is 33.6 Å². The van der Waals surface area contributed by atoms with Gasteiger partial charge in [0.15, 0.2) is 0 Å². The normalized spacial score (nSPS) is 13.6. The SMILES string of the molecule is CCCC(CP(=O)(O)O)C(CCC)(CCC)C(=O)O.CCCOC(=O)C(C)(C)CCP(=O)(O)O. The Morgan fingerprint density at radius 1 is 0.824 bits per heavy atom. The Kier molecular flexibility index (Phi) is 16.7. The summed E-state index contributed by atoms with van der Waals surface area (Å²) < 4.78 is 26.9. The van der Waals surface area contributed by atoms with Crippen molar-refractivity contribution in [2.24, 2.45) is 16.7 Å². The highest BCUT2D eigenvalue weighted by atomic mass is 31.2. The van der Waals surface area contributed by atoms with Gasteiger partial charge in [0, 0.05) is 0 Å². The Morgan fingerprint density at radius 2 is 1.32 bits per heavy atom. The van der Waals surface area contributed by atoms with Gasteiger partial charge < -0.3 is 29.4 Å². The molecule has 0 aromatic carbocycles. The number of carbonyl (C=O) groups is 2. The number of aliphatic carboxylic acids is 1. The molecule has 5 N–H and O–H groups in total. The molecular weight excluding hydrogens is 486 g/mol. The Labute approximate surface area is 204 Å². The Balaban J connectivity index is 0. The van der Waals surface area contributed by atoms with E-state index in [0.717, 1.165) is 12.8 Å². The predicted molar refractivity (Wildman–Crippen MR) is 132 cm³/mol. The summed E-state index contributed by atoms with van der Waals surface area (Å²) in [4.78, 5) is 59.0. The number of rotatable bonds is 16. The van der Waals surface area contributed by atoms with Crippen LogP contribution in [0, 0.1) is 16.7 Å². The second-order valence-electron chi connectivity index (χ2n) is 9.45. The first-order chi connectivity index (χ1) is 15.4. The van der Waals surface area contributed by atoms with Gasteiger partial charge in [0.25, 0.3) is 0 Å². The number of carboxylic acid groups (broad SMARTS) is 1. The smallest absolute Gasteiger partial charge is 0.325 e. The molecule has 0 saturated heterocycles. The molecule has 0 heterocycles. The van der Waals surface area contributed by atoms with Crippen LogP contribution in [0.15, 0.2) is 0 Å². The molecule has 0 aromatic rings. The first kappa shape index (κ1) is 35.4. The molecule has 0 fully saturated rings. The maximum atomic E-state index is 11.8. The van der Waals surface area contributed by atoms with Gasteiger partial charge in [0.05, 0.1) is 29.8 Å². The van der Waals surface area contributed by atoms with Gasteiger partial charge in [-0.15, -0.1) is 0 Å². The molecule has 0 bridgehead atoms. The van der Waals surface area contributed by atoms with Crippen molar-refractivity contribution in [2.45, 2.75) is 92.9 Å². The van der Waals surface area contributed by atoms with Gasteiger partial charge in [-0.3, -0.25) is 18.7 Å². The Bertz CT molecular complexity index is 690. The van der Waals surface area contributed by atoms with Crippen LogP contribution in [0.5, 0.6) is 0 Å². The lowest BCUT2D eigenvalue weighted by Crippen LogP contribution is -2.40. The number of esters is 1. The zero-order valence-electron chi connectivity index (χ0n) is 21.5. The van der Waals surface area contributed by atoms with Crippen LogP contribution in [0.2, 0.25) is 0 Å². The largest absolute Gasteiger partial charge is 0.481 e. The van der Waals surface area contributed by atoms with Crippen LogP contribution in [0.1, 0.15) is 92.9 Å². The maximum absolute atomic E-state index is 11.8. The van der Waals surface area contributed by atoms with E-state index in [1.165, 1.54) is 0 Å². The number of carboxylic acids is 1. The second-order valence-corrected chi connectivity index (χ2v) is 12.9. The lowest BCUT2D eigenvalue weighted by atomic mass is 9.68. The van der Waals surface area contributed by atoms with Gasteiger partial charge in [-0.05, 0) is 51.9 Å². The standard InChI is InChI=1S/C13H27O5P.C9H19O5P/c1-4-7-11(10-19(16,17)18)13(8-5-2,9-6-3)12(14)15;1-4-6-14-8(10)9(2,3)5-7-15(11,12)13/h11H,4-10H2,1-3H3,(H,14,15)(H2,16,17,18);4-7H2,1-3H3,(H2,11,12,13). The van der Waals surface area contributed by atoms with E-state index in [-0.39, 0.29) is 18.7 Å². The van der Waals surface area contributed by atoms with E-state index in [2.05, 4.69) is 0 Å². The van der Waals surface area contributed by atoms with Crippen molar-refractivity contribution in [2.75, 3.05) is 18.9 Å². The molecule has 0 aliphatic carbocycles. The van der Waals surface area contributed by atoms with Gasteiger partial charge in [-0.1, -0.05) is 47.0 Å². The van der Waals surface area contributed by atoms with Crippen molar-refractivity contribution in [3.05, 3.63) is 0 Å². The van der Waals surface area contributed by atoms with Crippen LogP contribution in [-0.2, 0) is 23.5 Å². The lowest BCUT2D eigenvalue weighted by Gasteiger charge is -2.37. The quantitative estimate of drug-likeness (QED) is 0.137. The van der Waals surface area contributed by atoms with Crippen LogP contribution in [0.4, 0.5) is 0 Å². The van der Waals surface area contributed by atoms with Crippen molar-refractivity contribution < 1.29 is 48.1 Å². The summed E-state index contributed by atoms with van der Waals surface area (Å²) in [5, 5.41) is 9.63. The third kappa shape index (κ3) is 14.6. The first-order valence-electron chi connectivity index (χ1n) is 11.9. The topological polar surface area (TPSA) is 179 Å².